The van der Waals surface area contributed by atoms with E-state index in [4.69, 9.17) is 32.6 Å². The van der Waals surface area contributed by atoms with Crippen molar-refractivity contribution in [3.8, 4) is 0 Å². The number of nitrogens with one attached hydrogen (secondary N) is 1. The van der Waals surface area contributed by atoms with Crippen LogP contribution in [0.3, 0.4) is 0 Å². The van der Waals surface area contributed by atoms with E-state index < -0.39 is 0 Å². The summed E-state index contributed by atoms with van der Waals surface area (Å²) >= 11 is 5.18. The first-order valence-electron chi connectivity index (χ1n) is 8.58. The Balaban J connectivity index is 3.04. The van der Waals surface area contributed by atoms with E-state index in [2.05, 4.69) is 15.0 Å². The third-order valence-electron chi connectivity index (χ3n) is 3.57. The topological polar surface area (TPSA) is 129 Å². The van der Waals surface area contributed by atoms with E-state index in [1.54, 1.807) is 0 Å². The van der Waals surface area contributed by atoms with Gasteiger partial charge < -0.3 is 30.2 Å². The van der Waals surface area contributed by atoms with E-state index in [0.29, 0.717) is 63.8 Å². The molecule has 0 saturated carbocycles. The van der Waals surface area contributed by atoms with Gasteiger partial charge in [0.25, 0.3) is 0 Å². The van der Waals surface area contributed by atoms with Crippen LogP contribution in [0.15, 0.2) is 0 Å². The van der Waals surface area contributed by atoms with E-state index in [1.165, 1.54) is 0 Å². The van der Waals surface area contributed by atoms with E-state index in [1.807, 2.05) is 9.80 Å². The van der Waals surface area contributed by atoms with Gasteiger partial charge >= 0.3 is 0 Å². The quantitative estimate of drug-likeness (QED) is 0.278. The van der Waals surface area contributed by atoms with Crippen LogP contribution in [-0.2, 0) is 0 Å². The first kappa shape index (κ1) is 21.7. The maximum atomic E-state index is 9.08. The highest BCUT2D eigenvalue weighted by atomic mass is 32.1. The molecule has 0 atom stereocenters. The van der Waals surface area contributed by atoms with Crippen LogP contribution in [0.4, 0.5) is 11.9 Å². The average molecular weight is 375 g/mol. The van der Waals surface area contributed by atoms with Crippen molar-refractivity contribution in [3.63, 3.8) is 0 Å². The molecule has 1 heterocycles. The second-order valence-corrected chi connectivity index (χ2v) is 5.93. The van der Waals surface area contributed by atoms with Gasteiger partial charge in [0.05, 0.1) is 0 Å². The highest BCUT2D eigenvalue weighted by molar-refractivity contribution is 7.71. The molecule has 0 amide bonds. The third kappa shape index (κ3) is 8.06. The van der Waals surface area contributed by atoms with Crippen molar-refractivity contribution >= 4 is 24.1 Å². The van der Waals surface area contributed by atoms with E-state index in [-0.39, 0.29) is 31.2 Å². The molecule has 0 aromatic carbocycles. The molecule has 0 aliphatic heterocycles. The molecular weight excluding hydrogens is 346 g/mol. The summed E-state index contributed by atoms with van der Waals surface area (Å²) in [5, 5.41) is 36.3. The summed E-state index contributed by atoms with van der Waals surface area (Å²) in [4.78, 5) is 15.5. The molecule has 0 unspecified atom stereocenters. The minimum atomic E-state index is 0.0629. The molecule has 25 heavy (non-hydrogen) atoms. The summed E-state index contributed by atoms with van der Waals surface area (Å²) in [6, 6.07) is 0. The fourth-order valence-electron chi connectivity index (χ4n) is 2.36. The number of hydrogen-bond donors (Lipinski definition) is 5. The second-order valence-electron chi connectivity index (χ2n) is 5.56. The molecule has 144 valence electrons. The van der Waals surface area contributed by atoms with E-state index >= 15 is 0 Å². The van der Waals surface area contributed by atoms with Crippen LogP contribution in [0.2, 0.25) is 0 Å². The van der Waals surface area contributed by atoms with Crippen LogP contribution < -0.4 is 9.80 Å². The van der Waals surface area contributed by atoms with Crippen molar-refractivity contribution < 1.29 is 20.4 Å². The standard InChI is InChI=1S/C15H29N5O4S/c21-9-1-5-19(6-2-10-22)13-16-14(18-15(25)17-13)20(7-3-11-23)8-4-12-24/h21-24H,1-12H2,(H,16,17,18,25). The van der Waals surface area contributed by atoms with Gasteiger partial charge in [-0.15, -0.1) is 0 Å². The first-order valence-corrected chi connectivity index (χ1v) is 8.98. The Bertz CT molecular complexity index is 474. The zero-order chi connectivity index (χ0) is 18.5. The SMILES string of the molecule is OCCCN(CCCO)c1nc(=S)nc(N(CCCO)CCCO)[nH]1. The van der Waals surface area contributed by atoms with Gasteiger partial charge in [-0.1, -0.05) is 0 Å². The van der Waals surface area contributed by atoms with Crippen molar-refractivity contribution in [1.82, 2.24) is 15.0 Å². The number of aliphatic hydroxyl groups is 4. The lowest BCUT2D eigenvalue weighted by atomic mass is 10.3. The Morgan fingerprint density at radius 1 is 0.680 bits per heavy atom. The molecule has 1 rings (SSSR count). The van der Waals surface area contributed by atoms with Gasteiger partial charge in [0.15, 0.2) is 0 Å². The maximum absolute atomic E-state index is 9.08. The Morgan fingerprint density at radius 2 is 1.00 bits per heavy atom. The molecule has 0 bridgehead atoms. The van der Waals surface area contributed by atoms with Crippen LogP contribution in [0, 0.1) is 4.77 Å². The number of aromatic nitrogens is 3. The lowest BCUT2D eigenvalue weighted by Crippen LogP contribution is -2.32. The molecule has 0 saturated heterocycles. The molecule has 1 aromatic rings. The van der Waals surface area contributed by atoms with Crippen LogP contribution in [0.1, 0.15) is 25.7 Å². The smallest absolute Gasteiger partial charge is 0.225 e. The normalized spacial score (nSPS) is 10.9. The lowest BCUT2D eigenvalue weighted by Gasteiger charge is -2.26. The van der Waals surface area contributed by atoms with Gasteiger partial charge in [-0.05, 0) is 37.9 Å². The van der Waals surface area contributed by atoms with Gasteiger partial charge in [-0.25, -0.2) is 0 Å². The van der Waals surface area contributed by atoms with Crippen molar-refractivity contribution in [2.75, 3.05) is 62.4 Å². The number of aromatic amines is 1. The first-order chi connectivity index (χ1) is 12.2. The summed E-state index contributed by atoms with van der Waals surface area (Å²) < 4.78 is 0.194. The molecule has 10 heteroatoms. The molecular formula is C15H29N5O4S. The Labute approximate surface area is 153 Å². The molecule has 0 aliphatic carbocycles. The largest absolute Gasteiger partial charge is 0.396 e. The number of aliphatic hydroxyl groups excluding tert-OH is 4. The van der Waals surface area contributed by atoms with Crippen molar-refractivity contribution in [2.45, 2.75) is 25.7 Å². The molecule has 5 N–H and O–H groups in total. The highest BCUT2D eigenvalue weighted by Gasteiger charge is 2.14. The van der Waals surface area contributed by atoms with Gasteiger partial charge in [0.2, 0.25) is 16.7 Å². The molecule has 0 fully saturated rings. The fraction of sp³-hybridized carbons (Fsp3) is 0.800. The minimum Gasteiger partial charge on any atom is -0.396 e. The molecule has 9 nitrogen and oxygen atoms in total. The second kappa shape index (κ2) is 13.0. The summed E-state index contributed by atoms with van der Waals surface area (Å²) in [5.74, 6) is 1.07. The van der Waals surface area contributed by atoms with Crippen molar-refractivity contribution in [2.24, 2.45) is 0 Å². The van der Waals surface area contributed by atoms with E-state index in [9.17, 15) is 0 Å². The van der Waals surface area contributed by atoms with Gasteiger partial charge in [-0.3, -0.25) is 4.98 Å². The van der Waals surface area contributed by atoms with Crippen molar-refractivity contribution in [1.29, 1.82) is 0 Å². The van der Waals surface area contributed by atoms with E-state index in [0.717, 1.165) is 0 Å². The lowest BCUT2D eigenvalue weighted by molar-refractivity contribution is 0.281. The predicted octanol–water partition coefficient (Wildman–Crippen LogP) is -0.323. The zero-order valence-corrected chi connectivity index (χ0v) is 15.3. The number of rotatable bonds is 14. The summed E-state index contributed by atoms with van der Waals surface area (Å²) in [6.07, 6.45) is 2.29. The summed E-state index contributed by atoms with van der Waals surface area (Å²) in [5.41, 5.74) is 0. The monoisotopic (exact) mass is 375 g/mol. The third-order valence-corrected chi connectivity index (χ3v) is 3.75. The van der Waals surface area contributed by atoms with Gasteiger partial charge in [-0.2, -0.15) is 9.97 Å². The number of anilines is 2. The number of nitrogens with zero attached hydrogens (tertiary/aromatic N) is 4. The van der Waals surface area contributed by atoms with Crippen LogP contribution in [-0.4, -0.2) is 88.0 Å². The Hall–Kier alpha value is -1.33. The van der Waals surface area contributed by atoms with Gasteiger partial charge in [0, 0.05) is 52.6 Å². The van der Waals surface area contributed by atoms with Crippen molar-refractivity contribution in [3.05, 3.63) is 4.77 Å². The predicted molar refractivity (Wildman–Crippen MR) is 98.5 cm³/mol. The molecule has 0 radical (unpaired) electrons. The summed E-state index contributed by atoms with van der Waals surface area (Å²) in [6.45, 7) is 2.55. The minimum absolute atomic E-state index is 0.0629. The number of hydrogen-bond acceptors (Lipinski definition) is 9. The van der Waals surface area contributed by atoms with Crippen LogP contribution >= 0.6 is 12.2 Å². The van der Waals surface area contributed by atoms with Crippen LogP contribution in [0.25, 0.3) is 0 Å². The Morgan fingerprint density at radius 3 is 1.28 bits per heavy atom. The molecule has 1 aromatic heterocycles. The van der Waals surface area contributed by atoms with Gasteiger partial charge in [0.1, 0.15) is 0 Å². The summed E-state index contributed by atoms with van der Waals surface area (Å²) in [7, 11) is 0. The highest BCUT2D eigenvalue weighted by Crippen LogP contribution is 2.15. The Kier molecular flexibility index (Phi) is 11.2. The number of H-pyrrole nitrogens is 1. The average Bonchev–Trinajstić information content (AvgIpc) is 2.61. The zero-order valence-electron chi connectivity index (χ0n) is 14.5. The fourth-order valence-corrected chi connectivity index (χ4v) is 2.53. The maximum Gasteiger partial charge on any atom is 0.225 e. The molecule has 0 aliphatic rings. The molecule has 0 spiro atoms. The van der Waals surface area contributed by atoms with Crippen LogP contribution in [0.5, 0.6) is 0 Å².